The number of carboxylic acids is 1. The lowest BCUT2D eigenvalue weighted by Gasteiger charge is -2.14. The largest absolute Gasteiger partial charge is 0.479 e. The van der Waals surface area contributed by atoms with Crippen LogP contribution in [0, 0.1) is 5.82 Å². The Morgan fingerprint density at radius 1 is 1.56 bits per heavy atom. The van der Waals surface area contributed by atoms with Gasteiger partial charge in [0.25, 0.3) is 0 Å². The zero-order valence-corrected chi connectivity index (χ0v) is 9.78. The van der Waals surface area contributed by atoms with Crippen molar-refractivity contribution in [2.24, 2.45) is 0 Å². The van der Waals surface area contributed by atoms with Crippen LogP contribution in [0.15, 0.2) is 22.7 Å². The number of hydrogen-bond acceptors (Lipinski definition) is 3. The van der Waals surface area contributed by atoms with E-state index < -0.39 is 17.9 Å². The summed E-state index contributed by atoms with van der Waals surface area (Å²) in [4.78, 5) is 10.9. The maximum absolute atomic E-state index is 13.0. The smallest absolute Gasteiger partial charge is 0.337 e. The molecule has 1 atom stereocenters. The van der Waals surface area contributed by atoms with Crippen molar-refractivity contribution in [1.82, 2.24) is 0 Å². The van der Waals surface area contributed by atoms with E-state index in [0.29, 0.717) is 4.47 Å². The average molecular weight is 293 g/mol. The molecule has 0 radical (unpaired) electrons. The maximum Gasteiger partial charge on any atom is 0.337 e. The molecule has 16 heavy (non-hydrogen) atoms. The second kappa shape index (κ2) is 5.93. The average Bonchev–Trinajstić information content (AvgIpc) is 2.23. The number of hydrogen-bond donors (Lipinski definition) is 2. The number of rotatable bonds is 5. The van der Waals surface area contributed by atoms with Crippen LogP contribution >= 0.6 is 15.9 Å². The first-order valence-electron chi connectivity index (χ1n) is 4.46. The molecule has 0 aromatic heterocycles. The third-order valence-electron chi connectivity index (χ3n) is 1.84. The Morgan fingerprint density at radius 2 is 2.25 bits per heavy atom. The van der Waals surface area contributed by atoms with Crippen LogP contribution in [0.3, 0.4) is 0 Å². The highest BCUT2D eigenvalue weighted by atomic mass is 79.9. The maximum atomic E-state index is 13.0. The van der Waals surface area contributed by atoms with E-state index in [2.05, 4.69) is 15.9 Å². The van der Waals surface area contributed by atoms with Gasteiger partial charge in [-0.05, 0) is 18.2 Å². The highest BCUT2D eigenvalue weighted by molar-refractivity contribution is 9.10. The summed E-state index contributed by atoms with van der Waals surface area (Å²) in [6.07, 6.45) is -1.29. The van der Waals surface area contributed by atoms with Crippen molar-refractivity contribution >= 4 is 21.9 Å². The minimum atomic E-state index is -1.29. The first kappa shape index (κ1) is 13.1. The molecule has 0 aliphatic carbocycles. The second-order valence-corrected chi connectivity index (χ2v) is 3.83. The summed E-state index contributed by atoms with van der Waals surface area (Å²) >= 11 is 3.12. The van der Waals surface area contributed by atoms with Gasteiger partial charge in [0.15, 0.2) is 6.10 Å². The zero-order valence-electron chi connectivity index (χ0n) is 8.19. The summed E-state index contributed by atoms with van der Waals surface area (Å²) in [7, 11) is 0. The van der Waals surface area contributed by atoms with Gasteiger partial charge in [0, 0.05) is 10.0 Å². The molecule has 1 rings (SSSR count). The van der Waals surface area contributed by atoms with E-state index >= 15 is 0 Å². The Morgan fingerprint density at radius 3 is 2.81 bits per heavy atom. The number of ether oxygens (including phenoxy) is 1. The molecule has 0 fully saturated rings. The zero-order chi connectivity index (χ0) is 12.1. The van der Waals surface area contributed by atoms with E-state index in [0.717, 1.165) is 6.07 Å². The van der Waals surface area contributed by atoms with Gasteiger partial charge in [-0.25, -0.2) is 9.18 Å². The predicted molar refractivity (Wildman–Crippen MR) is 57.5 cm³/mol. The molecule has 0 bridgehead atoms. The molecule has 6 heteroatoms. The van der Waals surface area contributed by atoms with Gasteiger partial charge in [-0.2, -0.15) is 0 Å². The quantitative estimate of drug-likeness (QED) is 0.867. The van der Waals surface area contributed by atoms with Crippen molar-refractivity contribution in [3.63, 3.8) is 0 Å². The van der Waals surface area contributed by atoms with E-state index in [-0.39, 0.29) is 18.8 Å². The summed E-state index contributed by atoms with van der Waals surface area (Å²) < 4.78 is 18.3. The van der Waals surface area contributed by atoms with Crippen LogP contribution in [0.25, 0.3) is 0 Å². The Hall–Kier alpha value is -0.980. The monoisotopic (exact) mass is 292 g/mol. The molecule has 0 aliphatic heterocycles. The van der Waals surface area contributed by atoms with Crippen LogP contribution in [0.5, 0.6) is 0 Å². The Balaban J connectivity index is 3.00. The summed E-state index contributed by atoms with van der Waals surface area (Å²) in [6, 6.07) is 3.70. The van der Waals surface area contributed by atoms with Crippen LogP contribution in [-0.2, 0) is 9.53 Å². The summed E-state index contributed by atoms with van der Waals surface area (Å²) in [5.41, 5.74) is 0.181. The molecule has 88 valence electrons. The number of benzene rings is 1. The summed E-state index contributed by atoms with van der Waals surface area (Å²) in [6.45, 7) is -0.420. The van der Waals surface area contributed by atoms with Crippen molar-refractivity contribution in [2.45, 2.75) is 6.10 Å². The Bertz CT molecular complexity index is 383. The van der Waals surface area contributed by atoms with Crippen LogP contribution in [0.4, 0.5) is 4.39 Å². The predicted octanol–water partition coefficient (Wildman–Crippen LogP) is 1.72. The van der Waals surface area contributed by atoms with Gasteiger partial charge in [-0.1, -0.05) is 15.9 Å². The molecule has 4 nitrogen and oxygen atoms in total. The Labute approximate surface area is 99.8 Å². The topological polar surface area (TPSA) is 66.8 Å². The van der Waals surface area contributed by atoms with Crippen molar-refractivity contribution in [3.8, 4) is 0 Å². The van der Waals surface area contributed by atoms with Crippen LogP contribution in [-0.4, -0.2) is 29.4 Å². The number of aliphatic carboxylic acids is 1. The normalized spacial score (nSPS) is 12.4. The van der Waals surface area contributed by atoms with E-state index in [1.54, 1.807) is 0 Å². The van der Waals surface area contributed by atoms with Crippen molar-refractivity contribution < 1.29 is 24.1 Å². The molecule has 0 aliphatic rings. The fourth-order valence-corrected chi connectivity index (χ4v) is 1.63. The molecular formula is C10H10BrFO4. The molecule has 0 saturated heterocycles. The molecule has 1 aromatic carbocycles. The number of halogens is 2. The van der Waals surface area contributed by atoms with Crippen molar-refractivity contribution in [1.29, 1.82) is 0 Å². The van der Waals surface area contributed by atoms with Crippen LogP contribution in [0.2, 0.25) is 0 Å². The fourth-order valence-electron chi connectivity index (χ4n) is 1.18. The summed E-state index contributed by atoms with van der Waals surface area (Å²) in [5, 5.41) is 17.5. The molecular weight excluding hydrogens is 283 g/mol. The third-order valence-corrected chi connectivity index (χ3v) is 2.56. The number of carbonyl (C=O) groups is 1. The Kier molecular flexibility index (Phi) is 4.85. The standard InChI is InChI=1S/C10H10BrFO4/c11-8-2-1-6(12)5-7(8)9(10(14)15)16-4-3-13/h1-2,5,9,13H,3-4H2,(H,14,15). The lowest BCUT2D eigenvalue weighted by molar-refractivity contribution is -0.151. The number of aliphatic hydroxyl groups excluding tert-OH is 1. The third kappa shape index (κ3) is 3.26. The van der Waals surface area contributed by atoms with E-state index in [1.807, 2.05) is 0 Å². The van der Waals surface area contributed by atoms with Crippen molar-refractivity contribution in [3.05, 3.63) is 34.1 Å². The molecule has 2 N–H and O–H groups in total. The molecule has 0 spiro atoms. The fraction of sp³-hybridized carbons (Fsp3) is 0.300. The van der Waals surface area contributed by atoms with Gasteiger partial charge in [-0.15, -0.1) is 0 Å². The van der Waals surface area contributed by atoms with Gasteiger partial charge in [0.1, 0.15) is 5.82 Å². The van der Waals surface area contributed by atoms with Gasteiger partial charge < -0.3 is 14.9 Å². The van der Waals surface area contributed by atoms with E-state index in [1.165, 1.54) is 12.1 Å². The highest BCUT2D eigenvalue weighted by Crippen LogP contribution is 2.27. The van der Waals surface area contributed by atoms with Crippen LogP contribution < -0.4 is 0 Å². The number of aliphatic hydroxyl groups is 1. The van der Waals surface area contributed by atoms with E-state index in [9.17, 15) is 9.18 Å². The SMILES string of the molecule is O=C(O)C(OCCO)c1cc(F)ccc1Br. The first-order chi connectivity index (χ1) is 7.56. The molecule has 0 heterocycles. The molecule has 1 aromatic rings. The minimum absolute atomic E-state index is 0.125. The molecule has 0 amide bonds. The lowest BCUT2D eigenvalue weighted by Crippen LogP contribution is -2.17. The van der Waals surface area contributed by atoms with Gasteiger partial charge >= 0.3 is 5.97 Å². The second-order valence-electron chi connectivity index (χ2n) is 2.98. The minimum Gasteiger partial charge on any atom is -0.479 e. The van der Waals surface area contributed by atoms with Crippen molar-refractivity contribution in [2.75, 3.05) is 13.2 Å². The first-order valence-corrected chi connectivity index (χ1v) is 5.25. The van der Waals surface area contributed by atoms with Gasteiger partial charge in [0.05, 0.1) is 13.2 Å². The highest BCUT2D eigenvalue weighted by Gasteiger charge is 2.23. The van der Waals surface area contributed by atoms with E-state index in [4.69, 9.17) is 14.9 Å². The number of carboxylic acid groups (broad SMARTS) is 1. The molecule has 0 saturated carbocycles. The lowest BCUT2D eigenvalue weighted by atomic mass is 10.1. The van der Waals surface area contributed by atoms with Gasteiger partial charge in [0.2, 0.25) is 0 Å². The summed E-state index contributed by atoms with van der Waals surface area (Å²) in [5.74, 6) is -1.78. The van der Waals surface area contributed by atoms with Crippen LogP contribution in [0.1, 0.15) is 11.7 Å². The molecule has 1 unspecified atom stereocenters. The van der Waals surface area contributed by atoms with Gasteiger partial charge in [-0.3, -0.25) is 0 Å².